The van der Waals surface area contributed by atoms with Crippen LogP contribution in [0.4, 0.5) is 0 Å². The number of cyclic esters (lactones) is 1. The van der Waals surface area contributed by atoms with Gasteiger partial charge < -0.3 is 9.47 Å². The van der Waals surface area contributed by atoms with E-state index >= 15 is 0 Å². The molecule has 0 aromatic heterocycles. The van der Waals surface area contributed by atoms with Gasteiger partial charge in [0.05, 0.1) is 17.8 Å². The summed E-state index contributed by atoms with van der Waals surface area (Å²) < 4.78 is 11.2. The van der Waals surface area contributed by atoms with Gasteiger partial charge in [-0.1, -0.05) is 23.6 Å². The van der Waals surface area contributed by atoms with E-state index < -0.39 is 17.6 Å². The third kappa shape index (κ3) is 4.45. The summed E-state index contributed by atoms with van der Waals surface area (Å²) in [6, 6.07) is 0. The summed E-state index contributed by atoms with van der Waals surface area (Å²) in [5.74, 6) is -0.698. The van der Waals surface area contributed by atoms with Crippen LogP contribution in [0, 0.1) is 11.3 Å². The summed E-state index contributed by atoms with van der Waals surface area (Å²) in [5, 5.41) is 0. The maximum absolute atomic E-state index is 12.8. The van der Waals surface area contributed by atoms with Gasteiger partial charge in [0.1, 0.15) is 12.2 Å². The number of ketones is 1. The van der Waals surface area contributed by atoms with Crippen LogP contribution in [0.25, 0.3) is 0 Å². The van der Waals surface area contributed by atoms with Crippen molar-refractivity contribution in [2.75, 3.05) is 0 Å². The SMILES string of the molecule is CC(C)=CCC/C(C)=C/[C@H]1OC(=O)C[C@]12C[C@H](OC(=O)C1CCC1)C=CC2=O. The molecule has 0 bridgehead atoms. The first-order chi connectivity index (χ1) is 13.3. The zero-order chi connectivity index (χ0) is 20.3. The monoisotopic (exact) mass is 386 g/mol. The van der Waals surface area contributed by atoms with Crippen molar-refractivity contribution in [3.05, 3.63) is 35.5 Å². The van der Waals surface area contributed by atoms with Crippen LogP contribution in [0.15, 0.2) is 35.5 Å². The second kappa shape index (κ2) is 8.46. The lowest BCUT2D eigenvalue weighted by atomic mass is 9.69. The van der Waals surface area contributed by atoms with E-state index in [1.54, 1.807) is 6.08 Å². The summed E-state index contributed by atoms with van der Waals surface area (Å²) >= 11 is 0. The van der Waals surface area contributed by atoms with Gasteiger partial charge in [-0.05, 0) is 64.7 Å². The van der Waals surface area contributed by atoms with Crippen LogP contribution in [0.2, 0.25) is 0 Å². The van der Waals surface area contributed by atoms with Gasteiger partial charge in [0.2, 0.25) is 0 Å². The van der Waals surface area contributed by atoms with Crippen molar-refractivity contribution in [3.63, 3.8) is 0 Å². The highest BCUT2D eigenvalue weighted by atomic mass is 16.6. The van der Waals surface area contributed by atoms with Crippen molar-refractivity contribution in [1.82, 2.24) is 0 Å². The lowest BCUT2D eigenvalue weighted by Crippen LogP contribution is -2.44. The second-order valence-corrected chi connectivity index (χ2v) is 8.61. The molecule has 0 unspecified atom stereocenters. The number of hydrogen-bond acceptors (Lipinski definition) is 5. The molecule has 0 aromatic carbocycles. The zero-order valence-corrected chi connectivity index (χ0v) is 17.0. The number of rotatable bonds is 6. The molecule has 0 N–H and O–H groups in total. The summed E-state index contributed by atoms with van der Waals surface area (Å²) in [5.41, 5.74) is 1.39. The van der Waals surface area contributed by atoms with Gasteiger partial charge in [0, 0.05) is 6.42 Å². The first kappa shape index (κ1) is 20.6. The van der Waals surface area contributed by atoms with Crippen molar-refractivity contribution >= 4 is 17.7 Å². The van der Waals surface area contributed by atoms with Crippen molar-refractivity contribution < 1.29 is 23.9 Å². The largest absolute Gasteiger partial charge is 0.458 e. The quantitative estimate of drug-likeness (QED) is 0.505. The number of ether oxygens (including phenoxy) is 2. The lowest BCUT2D eigenvalue weighted by molar-refractivity contribution is -0.158. The fourth-order valence-corrected chi connectivity index (χ4v) is 4.05. The maximum Gasteiger partial charge on any atom is 0.309 e. The Kier molecular flexibility index (Phi) is 6.21. The van der Waals surface area contributed by atoms with Gasteiger partial charge in [0.15, 0.2) is 5.78 Å². The average molecular weight is 386 g/mol. The van der Waals surface area contributed by atoms with E-state index in [0.717, 1.165) is 37.7 Å². The third-order valence-electron chi connectivity index (χ3n) is 6.01. The Hall–Kier alpha value is -2.17. The molecular weight excluding hydrogens is 356 g/mol. The van der Waals surface area contributed by atoms with Crippen molar-refractivity contribution in [3.8, 4) is 0 Å². The van der Waals surface area contributed by atoms with Gasteiger partial charge in [-0.15, -0.1) is 0 Å². The number of esters is 2. The highest BCUT2D eigenvalue weighted by Crippen LogP contribution is 2.45. The van der Waals surface area contributed by atoms with E-state index in [0.29, 0.717) is 6.42 Å². The Morgan fingerprint density at radius 1 is 1.29 bits per heavy atom. The predicted molar refractivity (Wildman–Crippen MR) is 105 cm³/mol. The molecule has 152 valence electrons. The highest BCUT2D eigenvalue weighted by molar-refractivity contribution is 6.00. The van der Waals surface area contributed by atoms with Crippen LogP contribution in [-0.4, -0.2) is 29.9 Å². The first-order valence-corrected chi connectivity index (χ1v) is 10.2. The first-order valence-electron chi connectivity index (χ1n) is 10.2. The van der Waals surface area contributed by atoms with E-state index in [2.05, 4.69) is 19.9 Å². The van der Waals surface area contributed by atoms with Gasteiger partial charge in [-0.2, -0.15) is 0 Å². The molecule has 0 aromatic rings. The Labute approximate surface area is 166 Å². The fourth-order valence-electron chi connectivity index (χ4n) is 4.05. The Morgan fingerprint density at radius 2 is 2.04 bits per heavy atom. The normalized spacial score (nSPS) is 30.2. The van der Waals surface area contributed by atoms with Crippen LogP contribution in [0.1, 0.15) is 65.7 Å². The number of allylic oxidation sites excluding steroid dienone is 4. The molecular formula is C23H30O5. The molecule has 1 aliphatic heterocycles. The standard InChI is InChI=1S/C23H30O5/c1-15(2)6-4-7-16(3)12-20-23(14-21(25)28-20)13-18(10-11-19(23)24)27-22(26)17-8-5-9-17/h6,10-12,17-18,20H,4-5,7-9,13-14H2,1-3H3/b16-12+/t18-,20-,23+/m1/s1. The van der Waals surface area contributed by atoms with E-state index in [-0.39, 0.29) is 30.1 Å². The van der Waals surface area contributed by atoms with Gasteiger partial charge in [-0.25, -0.2) is 0 Å². The van der Waals surface area contributed by atoms with Crippen molar-refractivity contribution in [2.45, 2.75) is 77.9 Å². The van der Waals surface area contributed by atoms with Gasteiger partial charge >= 0.3 is 11.9 Å². The molecule has 3 atom stereocenters. The second-order valence-electron chi connectivity index (χ2n) is 8.61. The molecule has 1 saturated heterocycles. The van der Waals surface area contributed by atoms with Crippen LogP contribution >= 0.6 is 0 Å². The predicted octanol–water partition coefficient (Wildman–Crippen LogP) is 4.22. The summed E-state index contributed by atoms with van der Waals surface area (Å²) in [6.07, 6.45) is 11.0. The fraction of sp³-hybridized carbons (Fsp3) is 0.609. The molecule has 1 spiro atoms. The Balaban J connectivity index is 1.73. The van der Waals surface area contributed by atoms with Gasteiger partial charge in [0.25, 0.3) is 0 Å². The molecule has 3 rings (SSSR count). The minimum Gasteiger partial charge on any atom is -0.458 e. The van der Waals surface area contributed by atoms with Crippen LogP contribution in [0.5, 0.6) is 0 Å². The van der Waals surface area contributed by atoms with Crippen molar-refractivity contribution in [1.29, 1.82) is 0 Å². The van der Waals surface area contributed by atoms with E-state index in [1.807, 2.05) is 13.0 Å². The molecule has 2 aliphatic carbocycles. The molecule has 1 saturated carbocycles. The summed E-state index contributed by atoms with van der Waals surface area (Å²) in [4.78, 5) is 37.1. The molecule has 2 fully saturated rings. The number of carbonyl (C=O) groups is 3. The van der Waals surface area contributed by atoms with E-state index in [4.69, 9.17) is 9.47 Å². The topological polar surface area (TPSA) is 69.7 Å². The smallest absolute Gasteiger partial charge is 0.309 e. The summed E-state index contributed by atoms with van der Waals surface area (Å²) in [7, 11) is 0. The lowest BCUT2D eigenvalue weighted by Gasteiger charge is -2.35. The van der Waals surface area contributed by atoms with Crippen molar-refractivity contribution in [2.24, 2.45) is 11.3 Å². The molecule has 3 aliphatic rings. The maximum atomic E-state index is 12.8. The van der Waals surface area contributed by atoms with E-state index in [9.17, 15) is 14.4 Å². The van der Waals surface area contributed by atoms with Gasteiger partial charge in [-0.3, -0.25) is 14.4 Å². The van der Waals surface area contributed by atoms with Crippen LogP contribution in [0.3, 0.4) is 0 Å². The molecule has 5 nitrogen and oxygen atoms in total. The minimum atomic E-state index is -0.964. The zero-order valence-electron chi connectivity index (χ0n) is 17.0. The average Bonchev–Trinajstić information content (AvgIpc) is 2.85. The molecule has 5 heteroatoms. The number of hydrogen-bond donors (Lipinski definition) is 0. The molecule has 1 heterocycles. The Bertz CT molecular complexity index is 736. The Morgan fingerprint density at radius 3 is 2.68 bits per heavy atom. The molecule has 28 heavy (non-hydrogen) atoms. The van der Waals surface area contributed by atoms with E-state index in [1.165, 1.54) is 11.6 Å². The molecule has 0 amide bonds. The van der Waals surface area contributed by atoms with Crippen LogP contribution in [-0.2, 0) is 23.9 Å². The summed E-state index contributed by atoms with van der Waals surface area (Å²) in [6.45, 7) is 6.12. The number of carbonyl (C=O) groups excluding carboxylic acids is 3. The van der Waals surface area contributed by atoms with Crippen LogP contribution < -0.4 is 0 Å². The highest BCUT2D eigenvalue weighted by Gasteiger charge is 2.55. The minimum absolute atomic E-state index is 0.0172. The third-order valence-corrected chi connectivity index (χ3v) is 6.01. The molecule has 0 radical (unpaired) electrons.